The lowest BCUT2D eigenvalue weighted by molar-refractivity contribution is -0.280. The lowest BCUT2D eigenvalue weighted by Gasteiger charge is -2.36. The van der Waals surface area contributed by atoms with Crippen LogP contribution in [-0.4, -0.2) is 64.2 Å². The number of aliphatic hydroxyl groups is 4. The SMILES string of the molecule is COC(=O)C1OC(O)C(O)C(O)[C@H]1O. The van der Waals surface area contributed by atoms with Gasteiger partial charge in [-0.25, -0.2) is 4.79 Å². The van der Waals surface area contributed by atoms with Gasteiger partial charge in [-0.05, 0) is 0 Å². The van der Waals surface area contributed by atoms with Gasteiger partial charge in [0.2, 0.25) is 0 Å². The fourth-order valence-electron chi connectivity index (χ4n) is 1.17. The number of hydrogen-bond donors (Lipinski definition) is 4. The summed E-state index contributed by atoms with van der Waals surface area (Å²) in [4.78, 5) is 11.0. The first kappa shape index (κ1) is 11.3. The van der Waals surface area contributed by atoms with E-state index in [9.17, 15) is 15.0 Å². The minimum Gasteiger partial charge on any atom is -0.467 e. The minimum atomic E-state index is -1.72. The first-order valence-corrected chi connectivity index (χ1v) is 3.94. The van der Waals surface area contributed by atoms with Crippen molar-refractivity contribution in [2.24, 2.45) is 0 Å². The Morgan fingerprint density at radius 3 is 2.21 bits per heavy atom. The molecule has 4 N–H and O–H groups in total. The average Bonchev–Trinajstić information content (AvgIpc) is 2.19. The standard InChI is InChI=1S/C7H12O7/c1-13-7(12)5-3(9)2(8)4(10)6(11)14-5/h2-6,8-11H,1H3/t2?,3-,4?,5?,6?/m1/s1. The number of methoxy groups -OCH3 is 1. The van der Waals surface area contributed by atoms with Crippen LogP contribution < -0.4 is 0 Å². The van der Waals surface area contributed by atoms with Gasteiger partial charge in [0.1, 0.15) is 18.3 Å². The van der Waals surface area contributed by atoms with Crippen molar-refractivity contribution >= 4 is 5.97 Å². The summed E-state index contributed by atoms with van der Waals surface area (Å²) in [5.41, 5.74) is 0. The van der Waals surface area contributed by atoms with Crippen molar-refractivity contribution in [2.45, 2.75) is 30.7 Å². The first-order valence-electron chi connectivity index (χ1n) is 3.94. The zero-order valence-corrected chi connectivity index (χ0v) is 7.40. The maximum absolute atomic E-state index is 11.0. The van der Waals surface area contributed by atoms with Crippen molar-refractivity contribution in [1.29, 1.82) is 0 Å². The lowest BCUT2D eigenvalue weighted by atomic mass is 9.99. The molecule has 5 atom stereocenters. The van der Waals surface area contributed by atoms with Gasteiger partial charge >= 0.3 is 5.97 Å². The van der Waals surface area contributed by atoms with Crippen LogP contribution in [0.2, 0.25) is 0 Å². The Hall–Kier alpha value is -0.730. The maximum atomic E-state index is 11.0. The van der Waals surface area contributed by atoms with Crippen LogP contribution in [0.3, 0.4) is 0 Å². The second-order valence-electron chi connectivity index (χ2n) is 2.94. The van der Waals surface area contributed by atoms with Gasteiger partial charge in [-0.15, -0.1) is 0 Å². The molecule has 1 saturated heterocycles. The molecule has 1 aliphatic heterocycles. The van der Waals surface area contributed by atoms with E-state index < -0.39 is 36.7 Å². The summed E-state index contributed by atoms with van der Waals surface area (Å²) in [5.74, 6) is -0.928. The quantitative estimate of drug-likeness (QED) is 0.338. The smallest absolute Gasteiger partial charge is 0.337 e. The number of ether oxygens (including phenoxy) is 2. The van der Waals surface area contributed by atoms with Gasteiger partial charge in [-0.1, -0.05) is 0 Å². The highest BCUT2D eigenvalue weighted by atomic mass is 16.7. The largest absolute Gasteiger partial charge is 0.467 e. The molecule has 7 heteroatoms. The molecule has 0 bridgehead atoms. The van der Waals surface area contributed by atoms with Gasteiger partial charge in [0.15, 0.2) is 12.4 Å². The van der Waals surface area contributed by atoms with Crippen LogP contribution in [0.5, 0.6) is 0 Å². The molecule has 0 aromatic rings. The maximum Gasteiger partial charge on any atom is 0.337 e. The number of carbonyl (C=O) groups is 1. The molecule has 0 aromatic heterocycles. The number of rotatable bonds is 1. The average molecular weight is 208 g/mol. The summed E-state index contributed by atoms with van der Waals surface area (Å²) in [6, 6.07) is 0. The Morgan fingerprint density at radius 1 is 1.14 bits per heavy atom. The molecule has 82 valence electrons. The second kappa shape index (κ2) is 4.20. The molecule has 14 heavy (non-hydrogen) atoms. The van der Waals surface area contributed by atoms with Crippen molar-refractivity contribution in [3.63, 3.8) is 0 Å². The highest BCUT2D eigenvalue weighted by molar-refractivity contribution is 5.75. The van der Waals surface area contributed by atoms with Crippen molar-refractivity contribution in [3.05, 3.63) is 0 Å². The van der Waals surface area contributed by atoms with Crippen molar-refractivity contribution in [1.82, 2.24) is 0 Å². The fourth-order valence-corrected chi connectivity index (χ4v) is 1.17. The summed E-state index contributed by atoms with van der Waals surface area (Å²) >= 11 is 0. The molecule has 7 nitrogen and oxygen atoms in total. The number of esters is 1. The Labute approximate surface area is 79.5 Å². The van der Waals surface area contributed by atoms with Gasteiger partial charge in [0.25, 0.3) is 0 Å². The van der Waals surface area contributed by atoms with Crippen molar-refractivity contribution < 1.29 is 34.7 Å². The van der Waals surface area contributed by atoms with Crippen LogP contribution in [0, 0.1) is 0 Å². The predicted octanol–water partition coefficient (Wildman–Crippen LogP) is -3.04. The summed E-state index contributed by atoms with van der Waals surface area (Å²) in [7, 11) is 1.07. The van der Waals surface area contributed by atoms with E-state index in [0.717, 1.165) is 7.11 Å². The zero-order chi connectivity index (χ0) is 10.9. The molecular weight excluding hydrogens is 196 g/mol. The molecule has 0 radical (unpaired) electrons. The lowest BCUT2D eigenvalue weighted by Crippen LogP contribution is -2.59. The summed E-state index contributed by atoms with van der Waals surface area (Å²) in [6.07, 6.45) is -8.14. The molecule has 0 amide bonds. The molecule has 1 fully saturated rings. The molecule has 0 aliphatic carbocycles. The second-order valence-corrected chi connectivity index (χ2v) is 2.94. The third-order valence-corrected chi connectivity index (χ3v) is 2.02. The van der Waals surface area contributed by atoms with E-state index in [0.29, 0.717) is 0 Å². The van der Waals surface area contributed by atoms with Crippen LogP contribution in [-0.2, 0) is 14.3 Å². The predicted molar refractivity (Wildman–Crippen MR) is 40.9 cm³/mol. The van der Waals surface area contributed by atoms with E-state index in [1.807, 2.05) is 0 Å². The Balaban J connectivity index is 2.75. The summed E-state index contributed by atoms with van der Waals surface area (Å²) < 4.78 is 8.82. The molecule has 0 spiro atoms. The minimum absolute atomic E-state index is 0.928. The van der Waals surface area contributed by atoms with E-state index in [2.05, 4.69) is 9.47 Å². The topological polar surface area (TPSA) is 116 Å². The van der Waals surface area contributed by atoms with Crippen LogP contribution in [0.4, 0.5) is 0 Å². The van der Waals surface area contributed by atoms with E-state index in [1.54, 1.807) is 0 Å². The molecule has 0 saturated carbocycles. The van der Waals surface area contributed by atoms with Gasteiger partial charge < -0.3 is 29.9 Å². The molecular formula is C7H12O7. The fraction of sp³-hybridized carbons (Fsp3) is 0.857. The highest BCUT2D eigenvalue weighted by Gasteiger charge is 2.46. The van der Waals surface area contributed by atoms with E-state index in [1.165, 1.54) is 0 Å². The number of hydrogen-bond acceptors (Lipinski definition) is 7. The zero-order valence-electron chi connectivity index (χ0n) is 7.40. The molecule has 1 rings (SSSR count). The third-order valence-electron chi connectivity index (χ3n) is 2.02. The number of aliphatic hydroxyl groups excluding tert-OH is 4. The highest BCUT2D eigenvalue weighted by Crippen LogP contribution is 2.20. The van der Waals surface area contributed by atoms with Crippen LogP contribution in [0.25, 0.3) is 0 Å². The van der Waals surface area contributed by atoms with Crippen LogP contribution >= 0.6 is 0 Å². The first-order chi connectivity index (χ1) is 6.49. The Bertz CT molecular complexity index is 218. The molecule has 0 aromatic carbocycles. The summed E-state index contributed by atoms with van der Waals surface area (Å²) in [6.45, 7) is 0. The van der Waals surface area contributed by atoms with Crippen molar-refractivity contribution in [3.8, 4) is 0 Å². The molecule has 1 aliphatic rings. The third kappa shape index (κ3) is 1.86. The van der Waals surface area contributed by atoms with Crippen LogP contribution in [0.1, 0.15) is 0 Å². The van der Waals surface area contributed by atoms with Crippen LogP contribution in [0.15, 0.2) is 0 Å². The number of carbonyl (C=O) groups excluding carboxylic acids is 1. The Morgan fingerprint density at radius 2 is 1.71 bits per heavy atom. The monoisotopic (exact) mass is 208 g/mol. The van der Waals surface area contributed by atoms with E-state index in [-0.39, 0.29) is 0 Å². The molecule has 4 unspecified atom stereocenters. The van der Waals surface area contributed by atoms with E-state index >= 15 is 0 Å². The van der Waals surface area contributed by atoms with Crippen molar-refractivity contribution in [2.75, 3.05) is 7.11 Å². The van der Waals surface area contributed by atoms with Gasteiger partial charge in [-0.2, -0.15) is 0 Å². The Kier molecular flexibility index (Phi) is 3.40. The van der Waals surface area contributed by atoms with E-state index in [4.69, 9.17) is 10.2 Å². The van der Waals surface area contributed by atoms with Gasteiger partial charge in [0, 0.05) is 0 Å². The normalized spacial score (nSPS) is 43.4. The van der Waals surface area contributed by atoms with Gasteiger partial charge in [-0.3, -0.25) is 0 Å². The summed E-state index contributed by atoms with van der Waals surface area (Å²) in [5, 5.41) is 36.5. The van der Waals surface area contributed by atoms with Gasteiger partial charge in [0.05, 0.1) is 7.11 Å². The molecule has 1 heterocycles.